The van der Waals surface area contributed by atoms with Crippen LogP contribution in [0.3, 0.4) is 0 Å². The van der Waals surface area contributed by atoms with Crippen molar-refractivity contribution in [2.24, 2.45) is 0 Å². The highest BCUT2D eigenvalue weighted by atomic mass is 16.3. The second-order valence-corrected chi connectivity index (χ2v) is 6.05. The van der Waals surface area contributed by atoms with E-state index in [0.29, 0.717) is 6.54 Å². The number of hydrogen-bond acceptors (Lipinski definition) is 4. The van der Waals surface area contributed by atoms with E-state index in [1.807, 2.05) is 36.4 Å². The van der Waals surface area contributed by atoms with Crippen LogP contribution in [0, 0.1) is 13.8 Å². The number of carbonyl (C=O) groups is 1. The molecule has 0 radical (unpaired) electrons. The Morgan fingerprint density at radius 1 is 1.45 bits per heavy atom. The van der Waals surface area contributed by atoms with Crippen LogP contribution in [0.15, 0.2) is 23.1 Å². The number of rotatable bonds is 3. The molecule has 0 aromatic carbocycles. The highest BCUT2D eigenvalue weighted by Crippen LogP contribution is 2.28. The van der Waals surface area contributed by atoms with Gasteiger partial charge in [-0.15, -0.1) is 0 Å². The SMILES string of the molecule is Cc1cc([C@H](C)C(=O)N2CCC[C@@H](n3cncn3)C2)c(C)o1. The van der Waals surface area contributed by atoms with Gasteiger partial charge >= 0.3 is 0 Å². The Bertz CT molecular complexity index is 647. The second kappa shape index (κ2) is 5.94. The number of piperidine rings is 1. The average molecular weight is 302 g/mol. The molecular formula is C16H22N4O2. The van der Waals surface area contributed by atoms with Gasteiger partial charge < -0.3 is 9.32 Å². The van der Waals surface area contributed by atoms with Crippen LogP contribution in [0.1, 0.15) is 48.8 Å². The molecule has 1 saturated heterocycles. The first kappa shape index (κ1) is 14.8. The van der Waals surface area contributed by atoms with E-state index in [1.165, 1.54) is 0 Å². The maximum Gasteiger partial charge on any atom is 0.230 e. The predicted molar refractivity (Wildman–Crippen MR) is 81.5 cm³/mol. The van der Waals surface area contributed by atoms with Crippen LogP contribution in [-0.4, -0.2) is 38.7 Å². The van der Waals surface area contributed by atoms with Gasteiger partial charge in [0.25, 0.3) is 0 Å². The van der Waals surface area contributed by atoms with Gasteiger partial charge in [0, 0.05) is 18.7 Å². The zero-order valence-corrected chi connectivity index (χ0v) is 13.3. The van der Waals surface area contributed by atoms with E-state index in [9.17, 15) is 4.79 Å². The van der Waals surface area contributed by atoms with Crippen LogP contribution in [0.25, 0.3) is 0 Å². The molecule has 0 saturated carbocycles. The van der Waals surface area contributed by atoms with Crippen molar-refractivity contribution in [1.29, 1.82) is 0 Å². The molecule has 2 atom stereocenters. The highest BCUT2D eigenvalue weighted by molar-refractivity contribution is 5.83. The van der Waals surface area contributed by atoms with Gasteiger partial charge in [0.05, 0.1) is 12.0 Å². The zero-order chi connectivity index (χ0) is 15.7. The monoisotopic (exact) mass is 302 g/mol. The van der Waals surface area contributed by atoms with Crippen LogP contribution >= 0.6 is 0 Å². The van der Waals surface area contributed by atoms with Gasteiger partial charge in [-0.3, -0.25) is 4.79 Å². The van der Waals surface area contributed by atoms with Crippen LogP contribution in [-0.2, 0) is 4.79 Å². The third-order valence-corrected chi connectivity index (χ3v) is 4.44. The Kier molecular flexibility index (Phi) is 4.00. The fourth-order valence-corrected chi connectivity index (χ4v) is 3.26. The lowest BCUT2D eigenvalue weighted by Gasteiger charge is -2.34. The summed E-state index contributed by atoms with van der Waals surface area (Å²) >= 11 is 0. The molecule has 1 aliphatic rings. The molecule has 1 fully saturated rings. The van der Waals surface area contributed by atoms with Crippen LogP contribution in [0.2, 0.25) is 0 Å². The summed E-state index contributed by atoms with van der Waals surface area (Å²) in [6.07, 6.45) is 5.30. The minimum absolute atomic E-state index is 0.161. The molecule has 2 aromatic rings. The lowest BCUT2D eigenvalue weighted by Crippen LogP contribution is -2.42. The number of aromatic nitrogens is 3. The van der Waals surface area contributed by atoms with E-state index in [-0.39, 0.29) is 17.9 Å². The molecule has 0 aliphatic carbocycles. The van der Waals surface area contributed by atoms with Crippen molar-refractivity contribution in [1.82, 2.24) is 19.7 Å². The summed E-state index contributed by atoms with van der Waals surface area (Å²) in [5.74, 6) is 1.68. The van der Waals surface area contributed by atoms with Crippen molar-refractivity contribution in [3.63, 3.8) is 0 Å². The molecule has 3 rings (SSSR count). The molecule has 1 amide bonds. The van der Waals surface area contributed by atoms with Gasteiger partial charge in [0.1, 0.15) is 24.2 Å². The smallest absolute Gasteiger partial charge is 0.230 e. The first-order valence-corrected chi connectivity index (χ1v) is 7.76. The fraction of sp³-hybridized carbons (Fsp3) is 0.562. The normalized spacial score (nSPS) is 20.1. The van der Waals surface area contributed by atoms with Crippen molar-refractivity contribution >= 4 is 5.91 Å². The molecular weight excluding hydrogens is 280 g/mol. The first-order valence-electron chi connectivity index (χ1n) is 7.76. The fourth-order valence-electron chi connectivity index (χ4n) is 3.26. The predicted octanol–water partition coefficient (Wildman–Crippen LogP) is 2.46. The van der Waals surface area contributed by atoms with E-state index in [0.717, 1.165) is 36.5 Å². The van der Waals surface area contributed by atoms with Gasteiger partial charge in [-0.05, 0) is 39.7 Å². The number of furan rings is 1. The molecule has 6 nitrogen and oxygen atoms in total. The second-order valence-electron chi connectivity index (χ2n) is 6.05. The van der Waals surface area contributed by atoms with Crippen LogP contribution < -0.4 is 0 Å². The van der Waals surface area contributed by atoms with Crippen molar-refractivity contribution in [2.45, 2.75) is 45.6 Å². The standard InChI is InChI=1S/C16H22N4O2/c1-11-7-15(13(3)22-11)12(2)16(21)19-6-4-5-14(8-19)20-10-17-9-18-20/h7,9-10,12,14H,4-6,8H2,1-3H3/t12-,14+/m0/s1. The maximum atomic E-state index is 12.8. The highest BCUT2D eigenvalue weighted by Gasteiger charge is 2.30. The number of carbonyl (C=O) groups excluding carboxylic acids is 1. The Morgan fingerprint density at radius 3 is 2.91 bits per heavy atom. The summed E-state index contributed by atoms with van der Waals surface area (Å²) in [5, 5.41) is 4.21. The maximum absolute atomic E-state index is 12.8. The number of hydrogen-bond donors (Lipinski definition) is 0. The summed E-state index contributed by atoms with van der Waals surface area (Å²) in [6.45, 7) is 7.29. The van der Waals surface area contributed by atoms with Gasteiger partial charge in [-0.2, -0.15) is 5.10 Å². The van der Waals surface area contributed by atoms with E-state index < -0.39 is 0 Å². The molecule has 3 heterocycles. The molecule has 0 N–H and O–H groups in total. The van der Waals surface area contributed by atoms with E-state index >= 15 is 0 Å². The Hall–Kier alpha value is -2.11. The van der Waals surface area contributed by atoms with Gasteiger partial charge in [-0.1, -0.05) is 0 Å². The summed E-state index contributed by atoms with van der Waals surface area (Å²) in [6, 6.07) is 2.19. The Balaban J connectivity index is 1.72. The van der Waals surface area contributed by atoms with Gasteiger partial charge in [0.15, 0.2) is 0 Å². The molecule has 0 bridgehead atoms. The minimum Gasteiger partial charge on any atom is -0.466 e. The lowest BCUT2D eigenvalue weighted by atomic mass is 9.97. The first-order chi connectivity index (χ1) is 10.6. The van der Waals surface area contributed by atoms with Gasteiger partial charge in [-0.25, -0.2) is 9.67 Å². The molecule has 1 aliphatic heterocycles. The van der Waals surface area contributed by atoms with E-state index in [2.05, 4.69) is 10.1 Å². The summed E-state index contributed by atoms with van der Waals surface area (Å²) < 4.78 is 7.42. The molecule has 118 valence electrons. The topological polar surface area (TPSA) is 64.2 Å². The third-order valence-electron chi connectivity index (χ3n) is 4.44. The Morgan fingerprint density at radius 2 is 2.27 bits per heavy atom. The average Bonchev–Trinajstić information content (AvgIpc) is 3.15. The molecule has 0 unspecified atom stereocenters. The molecule has 22 heavy (non-hydrogen) atoms. The minimum atomic E-state index is -0.174. The zero-order valence-electron chi connectivity index (χ0n) is 13.3. The Labute approximate surface area is 130 Å². The molecule has 6 heteroatoms. The van der Waals surface area contributed by atoms with Crippen LogP contribution in [0.5, 0.6) is 0 Å². The van der Waals surface area contributed by atoms with Crippen molar-refractivity contribution in [2.75, 3.05) is 13.1 Å². The van der Waals surface area contributed by atoms with Crippen molar-refractivity contribution < 1.29 is 9.21 Å². The summed E-state index contributed by atoms with van der Waals surface area (Å²) in [4.78, 5) is 18.8. The molecule has 0 spiro atoms. The third kappa shape index (κ3) is 2.77. The lowest BCUT2D eigenvalue weighted by molar-refractivity contribution is -0.134. The number of aryl methyl sites for hydroxylation is 2. The largest absolute Gasteiger partial charge is 0.466 e. The van der Waals surface area contributed by atoms with Crippen LogP contribution in [0.4, 0.5) is 0 Å². The summed E-state index contributed by atoms with van der Waals surface area (Å²) in [7, 11) is 0. The number of nitrogens with zero attached hydrogens (tertiary/aromatic N) is 4. The number of amides is 1. The van der Waals surface area contributed by atoms with E-state index in [4.69, 9.17) is 4.42 Å². The number of likely N-dealkylation sites (tertiary alicyclic amines) is 1. The molecule has 2 aromatic heterocycles. The van der Waals surface area contributed by atoms with E-state index in [1.54, 1.807) is 12.7 Å². The van der Waals surface area contributed by atoms with Crippen molar-refractivity contribution in [3.8, 4) is 0 Å². The van der Waals surface area contributed by atoms with Gasteiger partial charge in [0.2, 0.25) is 5.91 Å². The van der Waals surface area contributed by atoms with Crippen molar-refractivity contribution in [3.05, 3.63) is 35.8 Å². The summed E-state index contributed by atoms with van der Waals surface area (Å²) in [5.41, 5.74) is 0.991. The quantitative estimate of drug-likeness (QED) is 0.873.